The Hall–Kier alpha value is -2.88. The van der Waals surface area contributed by atoms with Crippen molar-refractivity contribution in [3.63, 3.8) is 0 Å². The second kappa shape index (κ2) is 9.42. The molecule has 0 bridgehead atoms. The zero-order valence-electron chi connectivity index (χ0n) is 13.1. The number of pyridine rings is 1. The molecule has 0 saturated heterocycles. The number of alkyl halides is 3. The molecule has 1 amide bonds. The second-order valence-corrected chi connectivity index (χ2v) is 4.45. The molecule has 0 radical (unpaired) electrons. The Morgan fingerprint density at radius 3 is 2.40 bits per heavy atom. The lowest BCUT2D eigenvalue weighted by atomic mass is 10.1. The molecule has 4 N–H and O–H groups in total. The quantitative estimate of drug-likeness (QED) is 0.190. The van der Waals surface area contributed by atoms with E-state index in [0.717, 1.165) is 12.1 Å². The largest absolute Gasteiger partial charge is 0.473 e. The Kier molecular flexibility index (Phi) is 7.60. The number of nitrogens with two attached hydrogens (primary N) is 1. The van der Waals surface area contributed by atoms with Crippen LogP contribution in [0.1, 0.15) is 11.1 Å². The first kappa shape index (κ1) is 20.2. The third kappa shape index (κ3) is 6.26. The summed E-state index contributed by atoms with van der Waals surface area (Å²) in [7, 11) is 1.51. The molecule has 1 aromatic carbocycles. The molecule has 10 heteroatoms. The summed E-state index contributed by atoms with van der Waals surface area (Å²) in [6, 6.07) is 7.64. The minimum Gasteiger partial charge on any atom is -0.473 e. The fourth-order valence-electron chi connectivity index (χ4n) is 1.86. The number of carbonyl (C=O) groups is 1. The molecule has 2 aromatic rings. The molecule has 0 spiro atoms. The van der Waals surface area contributed by atoms with Crippen molar-refractivity contribution in [2.45, 2.75) is 12.8 Å². The van der Waals surface area contributed by atoms with Crippen LogP contribution in [-0.2, 0) is 17.6 Å². The molecule has 0 saturated carbocycles. The number of anilines is 1. The van der Waals surface area contributed by atoms with Gasteiger partial charge in [0.05, 0.1) is 5.56 Å². The number of aromatic nitrogens is 1. The summed E-state index contributed by atoms with van der Waals surface area (Å²) >= 11 is 0. The molecule has 0 aliphatic carbocycles. The number of halogens is 4. The van der Waals surface area contributed by atoms with Crippen molar-refractivity contribution in [2.24, 2.45) is 5.84 Å². The molecule has 6 nitrogen and oxygen atoms in total. The number of ether oxygens (including phenoxy) is 1. The SMILES string of the molecule is CNc1cccc(C(F)(F)F)c1COc1cccc(F)n1.NNC=O. The monoisotopic (exact) mass is 360 g/mol. The standard InChI is InChI=1S/C14H12F4N2O.CH4N2O/c1-19-11-5-2-4-10(14(16,17)18)9(11)8-21-13-7-3-6-12(15)20-13;2-3-1-4/h2-7,19H,8H2,1H3;1H,2H2,(H,3,4). The van der Waals surface area contributed by atoms with E-state index >= 15 is 0 Å². The summed E-state index contributed by atoms with van der Waals surface area (Å²) in [5.41, 5.74) is 1.19. The van der Waals surface area contributed by atoms with E-state index in [2.05, 4.69) is 16.1 Å². The van der Waals surface area contributed by atoms with Gasteiger partial charge in [0, 0.05) is 24.4 Å². The maximum Gasteiger partial charge on any atom is 0.416 e. The lowest BCUT2D eigenvalue weighted by Gasteiger charge is -2.17. The Bertz CT molecular complexity index is 695. The number of nitrogens with one attached hydrogen (secondary N) is 2. The van der Waals surface area contributed by atoms with E-state index in [-0.39, 0.29) is 18.1 Å². The third-order valence-corrected chi connectivity index (χ3v) is 2.87. The molecule has 0 atom stereocenters. The zero-order chi connectivity index (χ0) is 18.9. The smallest absolute Gasteiger partial charge is 0.416 e. The van der Waals surface area contributed by atoms with Crippen molar-refractivity contribution < 1.29 is 27.1 Å². The third-order valence-electron chi connectivity index (χ3n) is 2.87. The highest BCUT2D eigenvalue weighted by Gasteiger charge is 2.34. The van der Waals surface area contributed by atoms with E-state index in [0.29, 0.717) is 12.1 Å². The molecule has 25 heavy (non-hydrogen) atoms. The highest BCUT2D eigenvalue weighted by molar-refractivity contribution is 5.55. The van der Waals surface area contributed by atoms with Gasteiger partial charge < -0.3 is 10.1 Å². The van der Waals surface area contributed by atoms with Gasteiger partial charge in [-0.2, -0.15) is 22.5 Å². The Labute approximate surface area is 141 Å². The summed E-state index contributed by atoms with van der Waals surface area (Å²) in [6.45, 7) is -0.373. The predicted molar refractivity (Wildman–Crippen MR) is 82.9 cm³/mol. The Morgan fingerprint density at radius 1 is 1.24 bits per heavy atom. The maximum absolute atomic E-state index is 13.0. The van der Waals surface area contributed by atoms with Gasteiger partial charge in [-0.3, -0.25) is 10.2 Å². The first-order chi connectivity index (χ1) is 11.8. The van der Waals surface area contributed by atoms with E-state index in [1.54, 1.807) is 5.43 Å². The molecular formula is C15H16F4N4O2. The van der Waals surface area contributed by atoms with Crippen LogP contribution in [0.25, 0.3) is 0 Å². The van der Waals surface area contributed by atoms with Crippen LogP contribution in [0.5, 0.6) is 5.88 Å². The van der Waals surface area contributed by atoms with E-state index in [1.807, 2.05) is 0 Å². The number of hydrogen-bond acceptors (Lipinski definition) is 5. The van der Waals surface area contributed by atoms with Gasteiger partial charge in [-0.05, 0) is 18.2 Å². The number of amides is 1. The van der Waals surface area contributed by atoms with Crippen LogP contribution < -0.4 is 21.3 Å². The van der Waals surface area contributed by atoms with E-state index < -0.39 is 17.7 Å². The number of hydrazine groups is 1. The van der Waals surface area contributed by atoms with Gasteiger partial charge in [0.15, 0.2) is 0 Å². The Balaban J connectivity index is 0.000000705. The predicted octanol–water partition coefficient (Wildman–Crippen LogP) is 2.47. The van der Waals surface area contributed by atoms with Crippen LogP contribution in [0.2, 0.25) is 0 Å². The van der Waals surface area contributed by atoms with Crippen LogP contribution in [0, 0.1) is 5.95 Å². The highest BCUT2D eigenvalue weighted by atomic mass is 19.4. The lowest BCUT2D eigenvalue weighted by Crippen LogP contribution is -2.18. The van der Waals surface area contributed by atoms with Crippen LogP contribution >= 0.6 is 0 Å². The van der Waals surface area contributed by atoms with Crippen molar-refractivity contribution in [1.82, 2.24) is 10.4 Å². The molecule has 136 valence electrons. The van der Waals surface area contributed by atoms with Gasteiger partial charge >= 0.3 is 6.18 Å². The summed E-state index contributed by atoms with van der Waals surface area (Å²) < 4.78 is 57.1. The first-order valence-electron chi connectivity index (χ1n) is 6.85. The normalized spacial score (nSPS) is 10.3. The lowest BCUT2D eigenvalue weighted by molar-refractivity contribution is -0.138. The highest BCUT2D eigenvalue weighted by Crippen LogP contribution is 2.35. The molecule has 0 aliphatic rings. The summed E-state index contributed by atoms with van der Waals surface area (Å²) in [5.74, 6) is 3.58. The first-order valence-corrected chi connectivity index (χ1v) is 6.85. The minimum atomic E-state index is -4.50. The molecule has 0 aliphatic heterocycles. The molecule has 1 heterocycles. The number of rotatable bonds is 5. The van der Waals surface area contributed by atoms with Crippen LogP contribution in [0.15, 0.2) is 36.4 Å². The van der Waals surface area contributed by atoms with Gasteiger partial charge in [0.25, 0.3) is 0 Å². The van der Waals surface area contributed by atoms with Crippen LogP contribution in [0.3, 0.4) is 0 Å². The van der Waals surface area contributed by atoms with Gasteiger partial charge in [0.1, 0.15) is 6.61 Å². The molecule has 0 fully saturated rings. The topological polar surface area (TPSA) is 89.3 Å². The maximum atomic E-state index is 13.0. The molecular weight excluding hydrogens is 344 g/mol. The zero-order valence-corrected chi connectivity index (χ0v) is 13.1. The van der Waals surface area contributed by atoms with Gasteiger partial charge in [-0.25, -0.2) is 5.84 Å². The Morgan fingerprint density at radius 2 is 1.88 bits per heavy atom. The van der Waals surface area contributed by atoms with Crippen molar-refractivity contribution >= 4 is 12.1 Å². The van der Waals surface area contributed by atoms with E-state index in [9.17, 15) is 17.6 Å². The van der Waals surface area contributed by atoms with Crippen molar-refractivity contribution in [3.8, 4) is 5.88 Å². The fraction of sp³-hybridized carbons (Fsp3) is 0.200. The van der Waals surface area contributed by atoms with Crippen molar-refractivity contribution in [3.05, 3.63) is 53.5 Å². The minimum absolute atomic E-state index is 0.0569. The molecule has 2 rings (SSSR count). The van der Waals surface area contributed by atoms with Gasteiger partial charge in [-0.15, -0.1) is 0 Å². The van der Waals surface area contributed by atoms with Crippen molar-refractivity contribution in [2.75, 3.05) is 12.4 Å². The van der Waals surface area contributed by atoms with E-state index in [1.165, 1.54) is 31.3 Å². The fourth-order valence-corrected chi connectivity index (χ4v) is 1.86. The average Bonchev–Trinajstić information content (AvgIpc) is 2.59. The van der Waals surface area contributed by atoms with Gasteiger partial charge in [0.2, 0.25) is 18.2 Å². The van der Waals surface area contributed by atoms with Gasteiger partial charge in [-0.1, -0.05) is 12.1 Å². The van der Waals surface area contributed by atoms with Crippen LogP contribution in [0.4, 0.5) is 23.2 Å². The number of nitrogens with zero attached hydrogens (tertiary/aromatic N) is 1. The average molecular weight is 360 g/mol. The summed E-state index contributed by atoms with van der Waals surface area (Å²) in [4.78, 5) is 12.4. The number of hydrogen-bond donors (Lipinski definition) is 3. The second-order valence-electron chi connectivity index (χ2n) is 4.45. The number of benzene rings is 1. The summed E-state index contributed by atoms with van der Waals surface area (Å²) in [6.07, 6.45) is -4.10. The van der Waals surface area contributed by atoms with Crippen molar-refractivity contribution in [1.29, 1.82) is 0 Å². The van der Waals surface area contributed by atoms with Crippen LogP contribution in [-0.4, -0.2) is 18.4 Å². The molecule has 1 aromatic heterocycles. The summed E-state index contributed by atoms with van der Waals surface area (Å²) in [5, 5.41) is 2.68. The number of carbonyl (C=O) groups excluding carboxylic acids is 1. The molecule has 0 unspecified atom stereocenters. The van der Waals surface area contributed by atoms with E-state index in [4.69, 9.17) is 9.53 Å².